The largest absolute Gasteiger partial charge is 0.495 e. The third kappa shape index (κ3) is 6.31. The Morgan fingerprint density at radius 1 is 1.19 bits per heavy atom. The summed E-state index contributed by atoms with van der Waals surface area (Å²) in [5.41, 5.74) is 1.18. The van der Waals surface area contributed by atoms with Gasteiger partial charge in [0.25, 0.3) is 0 Å². The van der Waals surface area contributed by atoms with E-state index in [9.17, 15) is 0 Å². The van der Waals surface area contributed by atoms with E-state index in [-0.39, 0.29) is 0 Å². The molecule has 152 valence electrons. The number of nitrogens with zero attached hydrogens (tertiary/aromatic N) is 4. The van der Waals surface area contributed by atoms with Crippen LogP contribution in [-0.4, -0.2) is 82.3 Å². The van der Waals surface area contributed by atoms with Crippen molar-refractivity contribution in [1.82, 2.24) is 15.1 Å². The first-order valence-corrected chi connectivity index (χ1v) is 10.1. The van der Waals surface area contributed by atoms with Crippen LogP contribution in [0.15, 0.2) is 29.3 Å². The summed E-state index contributed by atoms with van der Waals surface area (Å²) >= 11 is 0. The van der Waals surface area contributed by atoms with Crippen molar-refractivity contribution >= 4 is 11.6 Å². The summed E-state index contributed by atoms with van der Waals surface area (Å²) in [7, 11) is 5.81. The fraction of sp³-hybridized carbons (Fsp3) is 0.667. The first kappa shape index (κ1) is 21.4. The summed E-state index contributed by atoms with van der Waals surface area (Å²) in [6.45, 7) is 10.5. The Morgan fingerprint density at radius 3 is 2.52 bits per heavy atom. The molecule has 1 aliphatic rings. The van der Waals surface area contributed by atoms with E-state index >= 15 is 0 Å². The van der Waals surface area contributed by atoms with E-state index in [4.69, 9.17) is 4.74 Å². The first-order chi connectivity index (χ1) is 13.1. The highest BCUT2D eigenvalue weighted by molar-refractivity contribution is 5.80. The van der Waals surface area contributed by atoms with E-state index in [1.165, 1.54) is 12.1 Å². The van der Waals surface area contributed by atoms with Crippen LogP contribution in [-0.2, 0) is 0 Å². The lowest BCUT2D eigenvalue weighted by atomic mass is 10.2. The summed E-state index contributed by atoms with van der Waals surface area (Å²) < 4.78 is 5.51. The second-order valence-electron chi connectivity index (χ2n) is 7.40. The SMILES string of the molecule is CN=C(NCCCCN(C)C(C)C)N1CCN(c2ccccc2OC)CC1. The Balaban J connectivity index is 1.75. The van der Waals surface area contributed by atoms with Gasteiger partial charge in [0.05, 0.1) is 12.8 Å². The smallest absolute Gasteiger partial charge is 0.193 e. The van der Waals surface area contributed by atoms with Crippen LogP contribution in [0.2, 0.25) is 0 Å². The monoisotopic (exact) mass is 375 g/mol. The zero-order chi connectivity index (χ0) is 19.6. The molecule has 1 aliphatic heterocycles. The highest BCUT2D eigenvalue weighted by Crippen LogP contribution is 2.28. The molecule has 0 radical (unpaired) electrons. The van der Waals surface area contributed by atoms with Crippen molar-refractivity contribution < 1.29 is 4.74 Å². The van der Waals surface area contributed by atoms with E-state index in [2.05, 4.69) is 58.0 Å². The van der Waals surface area contributed by atoms with Crippen molar-refractivity contribution in [2.45, 2.75) is 32.7 Å². The Bertz CT molecular complexity index is 582. The zero-order valence-corrected chi connectivity index (χ0v) is 17.7. The van der Waals surface area contributed by atoms with Crippen molar-refractivity contribution in [3.05, 3.63) is 24.3 Å². The van der Waals surface area contributed by atoms with Gasteiger partial charge in [0.1, 0.15) is 5.75 Å². The minimum absolute atomic E-state index is 0.616. The number of unbranched alkanes of at least 4 members (excludes halogenated alkanes) is 1. The molecule has 1 heterocycles. The molecule has 0 amide bonds. The average Bonchev–Trinajstić information content (AvgIpc) is 2.70. The maximum atomic E-state index is 5.51. The van der Waals surface area contributed by atoms with E-state index in [1.54, 1.807) is 7.11 Å². The van der Waals surface area contributed by atoms with E-state index < -0.39 is 0 Å². The number of aliphatic imine (C=N–C) groups is 1. The van der Waals surface area contributed by atoms with Gasteiger partial charge in [-0.15, -0.1) is 0 Å². The number of hydrogen-bond donors (Lipinski definition) is 1. The summed E-state index contributed by atoms with van der Waals surface area (Å²) in [6.07, 6.45) is 2.37. The Kier molecular flexibility index (Phi) is 8.72. The number of piperazine rings is 1. The fourth-order valence-electron chi connectivity index (χ4n) is 3.33. The predicted molar refractivity (Wildman–Crippen MR) is 115 cm³/mol. The minimum atomic E-state index is 0.616. The molecule has 6 nitrogen and oxygen atoms in total. The van der Waals surface area contributed by atoms with Gasteiger partial charge in [-0.2, -0.15) is 0 Å². The number of benzene rings is 1. The Hall–Kier alpha value is -1.95. The van der Waals surface area contributed by atoms with Crippen LogP contribution in [0.25, 0.3) is 0 Å². The van der Waals surface area contributed by atoms with Gasteiger partial charge in [-0.05, 0) is 52.4 Å². The molecule has 0 aliphatic carbocycles. The van der Waals surface area contributed by atoms with Gasteiger partial charge in [-0.25, -0.2) is 0 Å². The van der Waals surface area contributed by atoms with Crippen molar-refractivity contribution in [3.63, 3.8) is 0 Å². The van der Waals surface area contributed by atoms with Gasteiger partial charge in [0.15, 0.2) is 5.96 Å². The molecular weight excluding hydrogens is 338 g/mol. The van der Waals surface area contributed by atoms with Gasteiger partial charge >= 0.3 is 0 Å². The van der Waals surface area contributed by atoms with Crippen LogP contribution in [0.1, 0.15) is 26.7 Å². The molecule has 0 aromatic heterocycles. The molecule has 0 unspecified atom stereocenters. The van der Waals surface area contributed by atoms with Gasteiger partial charge in [0, 0.05) is 45.8 Å². The van der Waals surface area contributed by atoms with Crippen LogP contribution in [0.4, 0.5) is 5.69 Å². The topological polar surface area (TPSA) is 43.3 Å². The fourth-order valence-corrected chi connectivity index (χ4v) is 3.33. The number of rotatable bonds is 8. The molecule has 1 fully saturated rings. The van der Waals surface area contributed by atoms with Crippen LogP contribution >= 0.6 is 0 Å². The van der Waals surface area contributed by atoms with Crippen LogP contribution in [0.5, 0.6) is 5.75 Å². The standard InChI is InChI=1S/C21H37N5O/c1-18(2)24(4)13-9-8-12-23-21(22-3)26-16-14-25(15-17-26)19-10-6-7-11-20(19)27-5/h6-7,10-11,18H,8-9,12-17H2,1-5H3,(H,22,23). The number of nitrogens with one attached hydrogen (secondary N) is 1. The number of para-hydroxylation sites is 2. The molecule has 0 atom stereocenters. The average molecular weight is 376 g/mol. The molecule has 2 rings (SSSR count). The Labute approximate surface area is 165 Å². The molecule has 1 saturated heterocycles. The number of methoxy groups -OCH3 is 1. The summed E-state index contributed by atoms with van der Waals surface area (Å²) in [5.74, 6) is 1.96. The molecule has 1 N–H and O–H groups in total. The zero-order valence-electron chi connectivity index (χ0n) is 17.7. The molecule has 0 bridgehead atoms. The number of guanidine groups is 1. The summed E-state index contributed by atoms with van der Waals surface area (Å²) in [5, 5.41) is 3.53. The maximum Gasteiger partial charge on any atom is 0.193 e. The van der Waals surface area contributed by atoms with E-state index in [0.717, 1.165) is 57.4 Å². The number of hydrogen-bond acceptors (Lipinski definition) is 4. The van der Waals surface area contributed by atoms with Gasteiger partial charge in [-0.3, -0.25) is 4.99 Å². The second-order valence-corrected chi connectivity index (χ2v) is 7.40. The minimum Gasteiger partial charge on any atom is -0.495 e. The number of ether oxygens (including phenoxy) is 1. The molecule has 1 aromatic rings. The third-order valence-electron chi connectivity index (χ3n) is 5.32. The van der Waals surface area contributed by atoms with Crippen LogP contribution < -0.4 is 15.0 Å². The highest BCUT2D eigenvalue weighted by Gasteiger charge is 2.21. The lowest BCUT2D eigenvalue weighted by Crippen LogP contribution is -2.52. The third-order valence-corrected chi connectivity index (χ3v) is 5.32. The predicted octanol–water partition coefficient (Wildman–Crippen LogP) is 2.51. The van der Waals surface area contributed by atoms with Crippen LogP contribution in [0, 0.1) is 0 Å². The van der Waals surface area contributed by atoms with Gasteiger partial charge in [-0.1, -0.05) is 12.1 Å². The molecule has 1 aromatic carbocycles. The molecule has 0 saturated carbocycles. The lowest BCUT2D eigenvalue weighted by Gasteiger charge is -2.38. The normalized spacial score (nSPS) is 15.6. The van der Waals surface area contributed by atoms with Crippen molar-refractivity contribution in [2.75, 3.05) is 65.4 Å². The van der Waals surface area contributed by atoms with Crippen LogP contribution in [0.3, 0.4) is 0 Å². The molecule has 6 heteroatoms. The molecule has 27 heavy (non-hydrogen) atoms. The molecular formula is C21H37N5O. The highest BCUT2D eigenvalue weighted by atomic mass is 16.5. The van der Waals surface area contributed by atoms with E-state index in [0.29, 0.717) is 6.04 Å². The summed E-state index contributed by atoms with van der Waals surface area (Å²) in [6, 6.07) is 8.87. The second kappa shape index (κ2) is 11.0. The van der Waals surface area contributed by atoms with Crippen molar-refractivity contribution in [2.24, 2.45) is 4.99 Å². The molecule has 0 spiro atoms. The van der Waals surface area contributed by atoms with E-state index in [1.807, 2.05) is 19.2 Å². The summed E-state index contributed by atoms with van der Waals surface area (Å²) in [4.78, 5) is 11.6. The van der Waals surface area contributed by atoms with Gasteiger partial charge in [0.2, 0.25) is 0 Å². The number of anilines is 1. The maximum absolute atomic E-state index is 5.51. The van der Waals surface area contributed by atoms with Crippen molar-refractivity contribution in [1.29, 1.82) is 0 Å². The van der Waals surface area contributed by atoms with Gasteiger partial charge < -0.3 is 24.8 Å². The lowest BCUT2D eigenvalue weighted by molar-refractivity contribution is 0.268. The quantitative estimate of drug-likeness (QED) is 0.430. The first-order valence-electron chi connectivity index (χ1n) is 10.1. The Morgan fingerprint density at radius 2 is 1.89 bits per heavy atom. The van der Waals surface area contributed by atoms with Crippen molar-refractivity contribution in [3.8, 4) is 5.75 Å².